The van der Waals surface area contributed by atoms with Gasteiger partial charge in [0.1, 0.15) is 0 Å². The fourth-order valence-electron chi connectivity index (χ4n) is 2.32. The summed E-state index contributed by atoms with van der Waals surface area (Å²) in [5.41, 5.74) is 6.96. The number of nitrogens with one attached hydrogen (secondary N) is 1. The Morgan fingerprint density at radius 2 is 2.05 bits per heavy atom. The Balaban J connectivity index is 2.04. The average Bonchev–Trinajstić information content (AvgIpc) is 2.41. The van der Waals surface area contributed by atoms with E-state index in [1.165, 1.54) is 12.1 Å². The molecule has 2 rings (SSSR count). The van der Waals surface area contributed by atoms with Crippen LogP contribution in [0.1, 0.15) is 6.92 Å². The maximum Gasteiger partial charge on any atom is 0.238 e. The van der Waals surface area contributed by atoms with Crippen molar-refractivity contribution in [2.24, 2.45) is 5.14 Å². The number of hydrogen-bond acceptors (Lipinski definition) is 6. The molecule has 5 N–H and O–H groups in total. The van der Waals surface area contributed by atoms with Crippen molar-refractivity contribution in [2.45, 2.75) is 17.9 Å². The summed E-state index contributed by atoms with van der Waals surface area (Å²) in [4.78, 5) is 2.35. The number of rotatable bonds is 5. The molecule has 0 amide bonds. The first-order chi connectivity index (χ1) is 9.86. The van der Waals surface area contributed by atoms with E-state index >= 15 is 0 Å². The highest BCUT2D eigenvalue weighted by Gasteiger charge is 2.15. The first-order valence-corrected chi connectivity index (χ1v) is 8.40. The van der Waals surface area contributed by atoms with Crippen molar-refractivity contribution < 1.29 is 13.2 Å². The van der Waals surface area contributed by atoms with Gasteiger partial charge in [-0.1, -0.05) is 0 Å². The average molecular weight is 314 g/mol. The van der Waals surface area contributed by atoms with Gasteiger partial charge in [-0.3, -0.25) is 4.90 Å². The number of nitrogens with zero attached hydrogens (tertiary/aromatic N) is 1. The number of benzene rings is 1. The highest BCUT2D eigenvalue weighted by Crippen LogP contribution is 2.23. The molecule has 1 atom stereocenters. The van der Waals surface area contributed by atoms with Crippen LogP contribution in [0.3, 0.4) is 0 Å². The van der Waals surface area contributed by atoms with Crippen LogP contribution in [0.5, 0.6) is 0 Å². The van der Waals surface area contributed by atoms with Gasteiger partial charge < -0.3 is 15.8 Å². The molecule has 7 nitrogen and oxygen atoms in total. The summed E-state index contributed by atoms with van der Waals surface area (Å²) in [5.74, 6) is 0. The molecule has 0 radical (unpaired) electrons. The van der Waals surface area contributed by atoms with E-state index in [1.54, 1.807) is 6.07 Å². The lowest BCUT2D eigenvalue weighted by Crippen LogP contribution is -2.42. The first-order valence-electron chi connectivity index (χ1n) is 6.85. The standard InChI is InChI=1S/C13H22N4O3S/c1-10(9-17-4-6-20-7-5-17)16-13-8-11(21(15,18)19)2-3-12(13)14/h2-3,8,10,16H,4-7,9,14H2,1H3,(H2,15,18,19). The number of nitrogen functional groups attached to an aromatic ring is 1. The highest BCUT2D eigenvalue weighted by molar-refractivity contribution is 7.89. The molecule has 1 aliphatic heterocycles. The normalized spacial score (nSPS) is 18.4. The molecular weight excluding hydrogens is 292 g/mol. The van der Waals surface area contributed by atoms with Gasteiger partial charge >= 0.3 is 0 Å². The minimum absolute atomic E-state index is 0.0535. The van der Waals surface area contributed by atoms with E-state index in [2.05, 4.69) is 10.2 Å². The molecule has 118 valence electrons. The SMILES string of the molecule is CC(CN1CCOCC1)Nc1cc(S(N)(=O)=O)ccc1N. The molecular formula is C13H22N4O3S. The van der Waals surface area contributed by atoms with Gasteiger partial charge in [0.25, 0.3) is 0 Å². The lowest BCUT2D eigenvalue weighted by atomic mass is 10.2. The predicted molar refractivity (Wildman–Crippen MR) is 82.6 cm³/mol. The van der Waals surface area contributed by atoms with Crippen molar-refractivity contribution in [1.82, 2.24) is 4.90 Å². The Kier molecular flexibility index (Phi) is 5.04. The number of hydrogen-bond donors (Lipinski definition) is 3. The summed E-state index contributed by atoms with van der Waals surface area (Å²) in [6.45, 7) is 6.16. The molecule has 21 heavy (non-hydrogen) atoms. The third kappa shape index (κ3) is 4.57. The molecule has 8 heteroatoms. The zero-order valence-corrected chi connectivity index (χ0v) is 12.9. The number of ether oxygens (including phenoxy) is 1. The van der Waals surface area contributed by atoms with Gasteiger partial charge in [0.15, 0.2) is 0 Å². The Morgan fingerprint density at radius 1 is 1.38 bits per heavy atom. The number of nitrogens with two attached hydrogens (primary N) is 2. The van der Waals surface area contributed by atoms with Gasteiger partial charge in [-0.15, -0.1) is 0 Å². The molecule has 0 saturated carbocycles. The van der Waals surface area contributed by atoms with Crippen molar-refractivity contribution in [3.05, 3.63) is 18.2 Å². The fourth-order valence-corrected chi connectivity index (χ4v) is 2.86. The number of anilines is 2. The second kappa shape index (κ2) is 6.61. The summed E-state index contributed by atoms with van der Waals surface area (Å²) in [5, 5.41) is 8.38. The van der Waals surface area contributed by atoms with Gasteiger partial charge in [-0.25, -0.2) is 13.6 Å². The molecule has 1 aromatic rings. The molecule has 0 aromatic heterocycles. The summed E-state index contributed by atoms with van der Waals surface area (Å²) >= 11 is 0. The predicted octanol–water partition coefficient (Wildman–Crippen LogP) is 0.0488. The van der Waals surface area contributed by atoms with E-state index in [0.717, 1.165) is 32.8 Å². The Morgan fingerprint density at radius 3 is 2.67 bits per heavy atom. The molecule has 1 saturated heterocycles. The maximum absolute atomic E-state index is 11.4. The second-order valence-corrected chi connectivity index (χ2v) is 6.81. The van der Waals surface area contributed by atoms with Gasteiger partial charge in [-0.2, -0.15) is 0 Å². The van der Waals surface area contributed by atoms with Crippen LogP contribution in [0.4, 0.5) is 11.4 Å². The summed E-state index contributed by atoms with van der Waals surface area (Å²) in [6, 6.07) is 4.55. The third-order valence-corrected chi connectivity index (χ3v) is 4.30. The molecule has 1 aliphatic rings. The van der Waals surface area contributed by atoms with Crippen LogP contribution in [0, 0.1) is 0 Å². The number of sulfonamides is 1. The monoisotopic (exact) mass is 314 g/mol. The molecule has 0 aliphatic carbocycles. The van der Waals surface area contributed by atoms with Crippen LogP contribution in [-0.2, 0) is 14.8 Å². The maximum atomic E-state index is 11.4. The van der Waals surface area contributed by atoms with Crippen LogP contribution < -0.4 is 16.2 Å². The van der Waals surface area contributed by atoms with Crippen molar-refractivity contribution in [3.8, 4) is 0 Å². The minimum atomic E-state index is -3.73. The first kappa shape index (κ1) is 16.0. The van der Waals surface area contributed by atoms with Crippen molar-refractivity contribution >= 4 is 21.4 Å². The Bertz CT molecular complexity index is 585. The minimum Gasteiger partial charge on any atom is -0.397 e. The van der Waals surface area contributed by atoms with E-state index in [4.69, 9.17) is 15.6 Å². The van der Waals surface area contributed by atoms with Crippen molar-refractivity contribution in [2.75, 3.05) is 43.9 Å². The topological polar surface area (TPSA) is 111 Å². The van der Waals surface area contributed by atoms with E-state index in [-0.39, 0.29) is 10.9 Å². The lowest BCUT2D eigenvalue weighted by Gasteiger charge is -2.30. The fraction of sp³-hybridized carbons (Fsp3) is 0.538. The number of morpholine rings is 1. The van der Waals surface area contributed by atoms with Gasteiger partial charge in [0, 0.05) is 25.7 Å². The van der Waals surface area contributed by atoms with Crippen LogP contribution in [0.2, 0.25) is 0 Å². The summed E-state index contributed by atoms with van der Waals surface area (Å²) in [6.07, 6.45) is 0. The van der Waals surface area contributed by atoms with Gasteiger partial charge in [0.2, 0.25) is 10.0 Å². The van der Waals surface area contributed by atoms with Crippen molar-refractivity contribution in [3.63, 3.8) is 0 Å². The summed E-state index contributed by atoms with van der Waals surface area (Å²) in [7, 11) is -3.73. The van der Waals surface area contributed by atoms with E-state index < -0.39 is 10.0 Å². The van der Waals surface area contributed by atoms with Gasteiger partial charge in [-0.05, 0) is 25.1 Å². The smallest absolute Gasteiger partial charge is 0.238 e. The molecule has 1 aromatic carbocycles. The Labute approximate surface area is 125 Å². The molecule has 1 unspecified atom stereocenters. The van der Waals surface area contributed by atoms with Crippen LogP contribution in [0.25, 0.3) is 0 Å². The quantitative estimate of drug-likeness (QED) is 0.662. The van der Waals surface area contributed by atoms with E-state index in [0.29, 0.717) is 11.4 Å². The third-order valence-electron chi connectivity index (χ3n) is 3.39. The zero-order valence-electron chi connectivity index (χ0n) is 12.1. The summed E-state index contributed by atoms with van der Waals surface area (Å²) < 4.78 is 28.1. The lowest BCUT2D eigenvalue weighted by molar-refractivity contribution is 0.0368. The molecule has 0 spiro atoms. The molecule has 1 heterocycles. The van der Waals surface area contributed by atoms with E-state index in [1.807, 2.05) is 6.92 Å². The Hall–Kier alpha value is -1.35. The largest absolute Gasteiger partial charge is 0.397 e. The second-order valence-electron chi connectivity index (χ2n) is 5.25. The molecule has 0 bridgehead atoms. The van der Waals surface area contributed by atoms with Crippen LogP contribution in [-0.4, -0.2) is 52.2 Å². The van der Waals surface area contributed by atoms with E-state index in [9.17, 15) is 8.42 Å². The van der Waals surface area contributed by atoms with Crippen LogP contribution >= 0.6 is 0 Å². The zero-order chi connectivity index (χ0) is 15.5. The van der Waals surface area contributed by atoms with Crippen molar-refractivity contribution in [1.29, 1.82) is 0 Å². The van der Waals surface area contributed by atoms with Gasteiger partial charge in [0.05, 0.1) is 29.5 Å². The highest BCUT2D eigenvalue weighted by atomic mass is 32.2. The van der Waals surface area contributed by atoms with Crippen LogP contribution in [0.15, 0.2) is 23.1 Å². The number of primary sulfonamides is 1. The molecule has 1 fully saturated rings.